The van der Waals surface area contributed by atoms with Crippen LogP contribution in [0.25, 0.3) is 0 Å². The van der Waals surface area contributed by atoms with E-state index in [1.807, 2.05) is 23.5 Å². The second-order valence-electron chi connectivity index (χ2n) is 4.19. The molecule has 0 spiro atoms. The van der Waals surface area contributed by atoms with Crippen molar-refractivity contribution in [2.45, 2.75) is 49.9 Å². The fourth-order valence-electron chi connectivity index (χ4n) is 2.23. The lowest BCUT2D eigenvalue weighted by molar-refractivity contribution is 0.363. The molecule has 0 saturated heterocycles. The fourth-order valence-corrected chi connectivity index (χ4v) is 3.77. The SMILES string of the molecule is CSCC(C)NC1CCCCC1SC. The first-order chi connectivity index (χ1) is 6.77. The van der Waals surface area contributed by atoms with E-state index in [1.165, 1.54) is 31.4 Å². The van der Waals surface area contributed by atoms with Crippen LogP contribution in [0.5, 0.6) is 0 Å². The molecule has 1 fully saturated rings. The van der Waals surface area contributed by atoms with Crippen molar-refractivity contribution in [1.29, 1.82) is 0 Å². The van der Waals surface area contributed by atoms with Crippen molar-refractivity contribution in [3.8, 4) is 0 Å². The number of rotatable bonds is 5. The van der Waals surface area contributed by atoms with Gasteiger partial charge >= 0.3 is 0 Å². The van der Waals surface area contributed by atoms with Crippen molar-refractivity contribution in [3.63, 3.8) is 0 Å². The molecule has 3 unspecified atom stereocenters. The Balaban J connectivity index is 2.32. The zero-order valence-corrected chi connectivity index (χ0v) is 11.2. The molecule has 84 valence electrons. The van der Waals surface area contributed by atoms with Crippen LogP contribution in [0.1, 0.15) is 32.6 Å². The van der Waals surface area contributed by atoms with Crippen LogP contribution in [0, 0.1) is 0 Å². The molecule has 0 radical (unpaired) electrons. The standard InChI is InChI=1S/C11H23NS2/c1-9(8-13-2)12-10-6-4-5-7-11(10)14-3/h9-12H,4-8H2,1-3H3. The van der Waals surface area contributed by atoms with Gasteiger partial charge in [-0.05, 0) is 32.3 Å². The van der Waals surface area contributed by atoms with Gasteiger partial charge in [0.15, 0.2) is 0 Å². The van der Waals surface area contributed by atoms with Crippen LogP contribution in [0.3, 0.4) is 0 Å². The average Bonchev–Trinajstić information content (AvgIpc) is 2.19. The molecule has 0 aromatic rings. The van der Waals surface area contributed by atoms with Gasteiger partial charge in [-0.15, -0.1) is 0 Å². The van der Waals surface area contributed by atoms with Crippen molar-refractivity contribution in [2.24, 2.45) is 0 Å². The van der Waals surface area contributed by atoms with Crippen molar-refractivity contribution in [1.82, 2.24) is 5.32 Å². The van der Waals surface area contributed by atoms with Gasteiger partial charge in [-0.1, -0.05) is 12.8 Å². The Morgan fingerprint density at radius 1 is 1.29 bits per heavy atom. The number of hydrogen-bond acceptors (Lipinski definition) is 3. The molecule has 3 atom stereocenters. The molecule has 1 saturated carbocycles. The summed E-state index contributed by atoms with van der Waals surface area (Å²) in [6.45, 7) is 2.31. The number of thioether (sulfide) groups is 2. The second-order valence-corrected chi connectivity index (χ2v) is 6.18. The third-order valence-corrected chi connectivity index (χ3v) is 4.92. The van der Waals surface area contributed by atoms with Crippen LogP contribution in [0.2, 0.25) is 0 Å². The van der Waals surface area contributed by atoms with E-state index in [9.17, 15) is 0 Å². The van der Waals surface area contributed by atoms with Crippen molar-refractivity contribution < 1.29 is 0 Å². The Morgan fingerprint density at radius 2 is 2.00 bits per heavy atom. The summed E-state index contributed by atoms with van der Waals surface area (Å²) in [5.74, 6) is 1.23. The Morgan fingerprint density at radius 3 is 2.64 bits per heavy atom. The monoisotopic (exact) mass is 233 g/mol. The fraction of sp³-hybridized carbons (Fsp3) is 1.00. The van der Waals surface area contributed by atoms with E-state index in [1.54, 1.807) is 0 Å². The van der Waals surface area contributed by atoms with E-state index in [4.69, 9.17) is 0 Å². The maximum Gasteiger partial charge on any atom is 0.0198 e. The molecule has 0 heterocycles. The smallest absolute Gasteiger partial charge is 0.0198 e. The molecule has 14 heavy (non-hydrogen) atoms. The molecule has 1 N–H and O–H groups in total. The highest BCUT2D eigenvalue weighted by molar-refractivity contribution is 7.99. The highest BCUT2D eigenvalue weighted by Crippen LogP contribution is 2.27. The van der Waals surface area contributed by atoms with E-state index in [0.717, 1.165) is 11.3 Å². The van der Waals surface area contributed by atoms with E-state index in [0.29, 0.717) is 6.04 Å². The molecule has 1 rings (SSSR count). The van der Waals surface area contributed by atoms with Crippen LogP contribution in [0.15, 0.2) is 0 Å². The second kappa shape index (κ2) is 7.02. The minimum atomic E-state index is 0.669. The first-order valence-corrected chi connectivity index (χ1v) is 8.24. The minimum absolute atomic E-state index is 0.669. The van der Waals surface area contributed by atoms with E-state index >= 15 is 0 Å². The van der Waals surface area contributed by atoms with E-state index < -0.39 is 0 Å². The highest BCUT2D eigenvalue weighted by atomic mass is 32.2. The lowest BCUT2D eigenvalue weighted by Crippen LogP contribution is -2.45. The largest absolute Gasteiger partial charge is 0.310 e. The van der Waals surface area contributed by atoms with Crippen molar-refractivity contribution in [3.05, 3.63) is 0 Å². The molecule has 0 bridgehead atoms. The number of nitrogens with one attached hydrogen (secondary N) is 1. The van der Waals surface area contributed by atoms with Crippen LogP contribution in [-0.4, -0.2) is 35.6 Å². The first-order valence-electron chi connectivity index (χ1n) is 5.55. The Bertz CT molecular complexity index is 152. The van der Waals surface area contributed by atoms with Gasteiger partial charge in [0.2, 0.25) is 0 Å². The Kier molecular flexibility index (Phi) is 6.38. The molecule has 0 aromatic carbocycles. The lowest BCUT2D eigenvalue weighted by Gasteiger charge is -2.33. The van der Waals surface area contributed by atoms with Crippen LogP contribution >= 0.6 is 23.5 Å². The molecule has 0 aliphatic heterocycles. The van der Waals surface area contributed by atoms with Gasteiger partial charge in [-0.2, -0.15) is 23.5 Å². The predicted molar refractivity (Wildman–Crippen MR) is 70.5 cm³/mol. The normalized spacial score (nSPS) is 30.2. The van der Waals surface area contributed by atoms with Gasteiger partial charge in [0.1, 0.15) is 0 Å². The summed E-state index contributed by atoms with van der Waals surface area (Å²) < 4.78 is 0. The summed E-state index contributed by atoms with van der Waals surface area (Å²) >= 11 is 3.98. The molecule has 1 aliphatic rings. The van der Waals surface area contributed by atoms with Gasteiger partial charge in [0.05, 0.1) is 0 Å². The molecular weight excluding hydrogens is 210 g/mol. The van der Waals surface area contributed by atoms with Gasteiger partial charge in [-0.25, -0.2) is 0 Å². The zero-order valence-electron chi connectivity index (χ0n) is 9.58. The average molecular weight is 233 g/mol. The Hall–Kier alpha value is 0.660. The Labute approximate surface area is 97.2 Å². The topological polar surface area (TPSA) is 12.0 Å². The molecule has 0 amide bonds. The summed E-state index contributed by atoms with van der Waals surface area (Å²) in [4.78, 5) is 0. The van der Waals surface area contributed by atoms with Crippen molar-refractivity contribution in [2.75, 3.05) is 18.3 Å². The minimum Gasteiger partial charge on any atom is -0.310 e. The highest BCUT2D eigenvalue weighted by Gasteiger charge is 2.24. The predicted octanol–water partition coefficient (Wildman–Crippen LogP) is 3.00. The summed E-state index contributed by atoms with van der Waals surface area (Å²) in [7, 11) is 0. The maximum atomic E-state index is 3.78. The molecular formula is C11H23NS2. The molecule has 1 nitrogen and oxygen atoms in total. The van der Waals surface area contributed by atoms with E-state index in [-0.39, 0.29) is 0 Å². The number of hydrogen-bond donors (Lipinski definition) is 1. The van der Waals surface area contributed by atoms with Crippen molar-refractivity contribution >= 4 is 23.5 Å². The summed E-state index contributed by atoms with van der Waals surface area (Å²) in [6, 6.07) is 1.43. The molecule has 1 aliphatic carbocycles. The lowest BCUT2D eigenvalue weighted by atomic mass is 9.94. The van der Waals surface area contributed by atoms with Gasteiger partial charge in [-0.3, -0.25) is 0 Å². The third kappa shape index (κ3) is 4.03. The van der Waals surface area contributed by atoms with Crippen LogP contribution < -0.4 is 5.32 Å². The zero-order chi connectivity index (χ0) is 10.4. The maximum absolute atomic E-state index is 3.78. The van der Waals surface area contributed by atoms with Gasteiger partial charge < -0.3 is 5.32 Å². The van der Waals surface area contributed by atoms with Gasteiger partial charge in [0.25, 0.3) is 0 Å². The van der Waals surface area contributed by atoms with E-state index in [2.05, 4.69) is 24.8 Å². The third-order valence-electron chi connectivity index (χ3n) is 2.92. The summed E-state index contributed by atoms with van der Waals surface area (Å²) in [6.07, 6.45) is 10.1. The summed E-state index contributed by atoms with van der Waals surface area (Å²) in [5, 5.41) is 4.63. The van der Waals surface area contributed by atoms with Gasteiger partial charge in [0, 0.05) is 23.1 Å². The quantitative estimate of drug-likeness (QED) is 0.784. The molecule has 3 heteroatoms. The van der Waals surface area contributed by atoms with Crippen LogP contribution in [0.4, 0.5) is 0 Å². The first kappa shape index (κ1) is 12.7. The van der Waals surface area contributed by atoms with Crippen LogP contribution in [-0.2, 0) is 0 Å². The molecule has 0 aromatic heterocycles. The summed E-state index contributed by atoms with van der Waals surface area (Å²) in [5.41, 5.74) is 0.